The molecule has 0 radical (unpaired) electrons. The van der Waals surface area contributed by atoms with Crippen molar-refractivity contribution in [2.75, 3.05) is 5.32 Å². The van der Waals surface area contributed by atoms with E-state index >= 15 is 4.39 Å². The highest BCUT2D eigenvalue weighted by Gasteiger charge is 2.66. The van der Waals surface area contributed by atoms with Crippen LogP contribution in [0.2, 0.25) is 10.0 Å². The second-order valence-electron chi connectivity index (χ2n) is 10.3. The van der Waals surface area contributed by atoms with Crippen LogP contribution in [-0.4, -0.2) is 46.3 Å². The molecule has 2 aromatic rings. The molecule has 212 valence electrons. The van der Waals surface area contributed by atoms with Crippen LogP contribution < -0.4 is 10.6 Å². The molecule has 2 aliphatic rings. The fourth-order valence-electron chi connectivity index (χ4n) is 5.17. The standard InChI is InChI=1S/C23H22Cl2F2N2O3.C2HF3O2/c1-22(2,3)9-14-23(11-7-8-13(25)17(27)18(11)29-21(23)32)15(19(28-14)20(30)31)10-5-4-6-12(24)16(10)26;3-2(4,5)1(6)7/h4-8,14-15,19,28H,9H2,1-3H3,(H,29,32)(H,30,31);(H,6,7)/t14-,15-,19+,23+;/m0./s1. The van der Waals surface area contributed by atoms with E-state index in [0.717, 1.165) is 0 Å². The summed E-state index contributed by atoms with van der Waals surface area (Å²) in [5.41, 5.74) is -1.81. The van der Waals surface area contributed by atoms with Gasteiger partial charge in [-0.2, -0.15) is 13.2 Å². The van der Waals surface area contributed by atoms with Gasteiger partial charge in [0.25, 0.3) is 0 Å². The number of anilines is 1. The lowest BCUT2D eigenvalue weighted by atomic mass is 9.62. The predicted molar refractivity (Wildman–Crippen MR) is 132 cm³/mol. The highest BCUT2D eigenvalue weighted by atomic mass is 35.5. The molecule has 4 rings (SSSR count). The van der Waals surface area contributed by atoms with Gasteiger partial charge in [-0.25, -0.2) is 13.6 Å². The number of carboxylic acid groups (broad SMARTS) is 2. The summed E-state index contributed by atoms with van der Waals surface area (Å²) in [6, 6.07) is 5.06. The summed E-state index contributed by atoms with van der Waals surface area (Å²) in [4.78, 5) is 34.9. The Morgan fingerprint density at radius 2 is 1.56 bits per heavy atom. The molecule has 2 aromatic carbocycles. The number of halogens is 7. The second kappa shape index (κ2) is 10.5. The van der Waals surface area contributed by atoms with Crippen LogP contribution in [0, 0.1) is 17.0 Å². The first-order valence-electron chi connectivity index (χ1n) is 11.4. The van der Waals surface area contributed by atoms with Crippen molar-refractivity contribution < 1.29 is 46.5 Å². The van der Waals surface area contributed by atoms with Crippen LogP contribution in [0.3, 0.4) is 0 Å². The minimum absolute atomic E-state index is 0.0211. The van der Waals surface area contributed by atoms with Gasteiger partial charge in [-0.1, -0.05) is 62.2 Å². The molecule has 0 bridgehead atoms. The molecule has 0 aromatic heterocycles. The Bertz CT molecular complexity index is 1330. The first kappa shape index (κ1) is 30.6. The smallest absolute Gasteiger partial charge is 0.480 e. The van der Waals surface area contributed by atoms with Crippen LogP contribution in [0.1, 0.15) is 44.2 Å². The van der Waals surface area contributed by atoms with E-state index in [1.54, 1.807) is 0 Å². The number of rotatable bonds is 3. The lowest BCUT2D eigenvalue weighted by Crippen LogP contribution is -2.49. The number of benzene rings is 2. The first-order chi connectivity index (χ1) is 17.8. The number of fused-ring (bicyclic) bond motifs is 2. The van der Waals surface area contributed by atoms with Gasteiger partial charge in [0, 0.05) is 12.0 Å². The fourth-order valence-corrected chi connectivity index (χ4v) is 5.51. The van der Waals surface area contributed by atoms with Crippen molar-refractivity contribution in [3.05, 3.63) is 63.1 Å². The van der Waals surface area contributed by atoms with Gasteiger partial charge >= 0.3 is 18.1 Å². The third kappa shape index (κ3) is 5.55. The van der Waals surface area contributed by atoms with Crippen molar-refractivity contribution >= 4 is 46.7 Å². The summed E-state index contributed by atoms with van der Waals surface area (Å²) in [7, 11) is 0. The van der Waals surface area contributed by atoms with E-state index in [1.807, 2.05) is 20.8 Å². The number of carboxylic acids is 2. The SMILES string of the molecule is CC(C)(C)C[C@@H]1N[C@@H](C(=O)O)[C@H](c2cccc(Cl)c2F)[C@]12C(=O)Nc1c2ccc(Cl)c1F.O=C(O)C(F)(F)F. The summed E-state index contributed by atoms with van der Waals surface area (Å²) in [6.07, 6.45) is -4.72. The third-order valence-electron chi connectivity index (χ3n) is 6.55. The normalized spacial score (nSPS) is 24.2. The minimum Gasteiger partial charge on any atom is -0.480 e. The average molecular weight is 597 g/mol. The Kier molecular flexibility index (Phi) is 8.27. The van der Waals surface area contributed by atoms with Gasteiger partial charge in [-0.15, -0.1) is 0 Å². The molecule has 0 saturated carbocycles. The maximum Gasteiger partial charge on any atom is 0.490 e. The van der Waals surface area contributed by atoms with Crippen molar-refractivity contribution in [2.45, 2.75) is 56.8 Å². The molecule has 1 amide bonds. The predicted octanol–water partition coefficient (Wildman–Crippen LogP) is 5.74. The molecule has 0 aliphatic carbocycles. The molecule has 2 heterocycles. The van der Waals surface area contributed by atoms with Crippen LogP contribution in [-0.2, 0) is 19.8 Å². The van der Waals surface area contributed by atoms with E-state index in [-0.39, 0.29) is 32.3 Å². The maximum absolute atomic E-state index is 15.3. The molecule has 14 heteroatoms. The summed E-state index contributed by atoms with van der Waals surface area (Å²) in [5, 5.41) is 22.4. The summed E-state index contributed by atoms with van der Waals surface area (Å²) in [6.45, 7) is 5.84. The van der Waals surface area contributed by atoms with Gasteiger partial charge < -0.3 is 15.5 Å². The van der Waals surface area contributed by atoms with E-state index in [4.69, 9.17) is 33.1 Å². The van der Waals surface area contributed by atoms with Gasteiger partial charge in [0.2, 0.25) is 5.91 Å². The van der Waals surface area contributed by atoms with Gasteiger partial charge in [0.05, 0.1) is 15.7 Å². The molecule has 39 heavy (non-hydrogen) atoms. The van der Waals surface area contributed by atoms with Gasteiger partial charge in [-0.3, -0.25) is 14.9 Å². The Labute approximate surface area is 229 Å². The van der Waals surface area contributed by atoms with Crippen LogP contribution in [0.4, 0.5) is 27.6 Å². The highest BCUT2D eigenvalue weighted by molar-refractivity contribution is 6.31. The molecule has 2 aliphatic heterocycles. The highest BCUT2D eigenvalue weighted by Crippen LogP contribution is 2.57. The number of hydrogen-bond donors (Lipinski definition) is 4. The topological polar surface area (TPSA) is 116 Å². The van der Waals surface area contributed by atoms with E-state index in [1.165, 1.54) is 30.3 Å². The van der Waals surface area contributed by atoms with Gasteiger partial charge in [0.1, 0.15) is 17.3 Å². The lowest BCUT2D eigenvalue weighted by Gasteiger charge is -2.37. The van der Waals surface area contributed by atoms with Crippen LogP contribution in [0.5, 0.6) is 0 Å². The number of aliphatic carboxylic acids is 2. The van der Waals surface area contributed by atoms with Crippen molar-refractivity contribution in [2.24, 2.45) is 5.41 Å². The van der Waals surface area contributed by atoms with Crippen molar-refractivity contribution in [3.8, 4) is 0 Å². The van der Waals surface area contributed by atoms with E-state index in [9.17, 15) is 32.3 Å². The number of carbonyl (C=O) groups excluding carboxylic acids is 1. The Hall–Kier alpha value is -2.96. The second-order valence-corrected chi connectivity index (χ2v) is 11.1. The molecule has 1 spiro atoms. The molecule has 4 N–H and O–H groups in total. The van der Waals surface area contributed by atoms with Crippen LogP contribution in [0.25, 0.3) is 0 Å². The largest absolute Gasteiger partial charge is 0.490 e. The molecular weight excluding hydrogens is 574 g/mol. The number of hydrogen-bond acceptors (Lipinski definition) is 4. The monoisotopic (exact) mass is 596 g/mol. The summed E-state index contributed by atoms with van der Waals surface area (Å²) < 4.78 is 61.9. The maximum atomic E-state index is 15.3. The van der Waals surface area contributed by atoms with Crippen molar-refractivity contribution in [1.29, 1.82) is 0 Å². The van der Waals surface area contributed by atoms with Crippen molar-refractivity contribution in [3.63, 3.8) is 0 Å². The Morgan fingerprint density at radius 1 is 1.00 bits per heavy atom. The number of amides is 1. The van der Waals surface area contributed by atoms with Gasteiger partial charge in [0.15, 0.2) is 5.82 Å². The van der Waals surface area contributed by atoms with E-state index in [0.29, 0.717) is 6.42 Å². The van der Waals surface area contributed by atoms with Crippen LogP contribution in [0.15, 0.2) is 30.3 Å². The van der Waals surface area contributed by atoms with Crippen LogP contribution >= 0.6 is 23.2 Å². The van der Waals surface area contributed by atoms with E-state index in [2.05, 4.69) is 10.6 Å². The zero-order valence-corrected chi connectivity index (χ0v) is 22.1. The minimum atomic E-state index is -5.08. The zero-order chi connectivity index (χ0) is 29.7. The van der Waals surface area contributed by atoms with Crippen molar-refractivity contribution in [1.82, 2.24) is 5.32 Å². The first-order valence-corrected chi connectivity index (χ1v) is 12.1. The molecule has 1 saturated heterocycles. The molecule has 7 nitrogen and oxygen atoms in total. The quantitative estimate of drug-likeness (QED) is 0.336. The Balaban J connectivity index is 0.000000532. The summed E-state index contributed by atoms with van der Waals surface area (Å²) in [5.74, 6) is -7.42. The zero-order valence-electron chi connectivity index (χ0n) is 20.6. The fraction of sp³-hybridized carbons (Fsp3) is 0.400. The Morgan fingerprint density at radius 3 is 2.08 bits per heavy atom. The number of alkyl halides is 3. The van der Waals surface area contributed by atoms with Gasteiger partial charge in [-0.05, 0) is 35.1 Å². The lowest BCUT2D eigenvalue weighted by molar-refractivity contribution is -0.192. The number of nitrogens with one attached hydrogen (secondary N) is 2. The molecular formula is C25H23Cl2F5N2O5. The number of carbonyl (C=O) groups is 3. The van der Waals surface area contributed by atoms with E-state index < -0.39 is 59.1 Å². The molecule has 1 fully saturated rings. The third-order valence-corrected chi connectivity index (χ3v) is 7.13. The average Bonchev–Trinajstić information content (AvgIpc) is 3.28. The molecule has 4 atom stereocenters. The molecule has 0 unspecified atom stereocenters. The summed E-state index contributed by atoms with van der Waals surface area (Å²) >= 11 is 12.0.